The number of guanidine groups is 1. The highest BCUT2D eigenvalue weighted by Gasteiger charge is 2.20. The van der Waals surface area contributed by atoms with E-state index in [1.807, 2.05) is 24.4 Å². The zero-order valence-corrected chi connectivity index (χ0v) is 16.4. The van der Waals surface area contributed by atoms with Gasteiger partial charge < -0.3 is 15.4 Å². The van der Waals surface area contributed by atoms with Gasteiger partial charge in [-0.2, -0.15) is 0 Å². The number of para-hydroxylation sites is 1. The number of nitrogens with one attached hydrogen (secondary N) is 2. The van der Waals surface area contributed by atoms with Gasteiger partial charge in [-0.25, -0.2) is 9.98 Å². The molecule has 140 valence electrons. The van der Waals surface area contributed by atoms with Crippen LogP contribution in [0, 0.1) is 0 Å². The maximum Gasteiger partial charge on any atom is 0.191 e. The smallest absolute Gasteiger partial charge is 0.191 e. The summed E-state index contributed by atoms with van der Waals surface area (Å²) >= 11 is 1.75. The lowest BCUT2D eigenvalue weighted by atomic mass is 9.96. The van der Waals surface area contributed by atoms with Gasteiger partial charge in [0.1, 0.15) is 10.8 Å². The van der Waals surface area contributed by atoms with Crippen LogP contribution in [0.3, 0.4) is 0 Å². The molecule has 3 rings (SSSR count). The maximum atomic E-state index is 6.10. The van der Waals surface area contributed by atoms with Crippen LogP contribution in [-0.2, 0) is 19.5 Å². The van der Waals surface area contributed by atoms with Crippen molar-refractivity contribution >= 4 is 17.3 Å². The first kappa shape index (κ1) is 18.7. The molecule has 6 heteroatoms. The number of hydrogen-bond donors (Lipinski definition) is 2. The second-order valence-corrected chi connectivity index (χ2v) is 7.60. The Kier molecular flexibility index (Phi) is 6.89. The van der Waals surface area contributed by atoms with Crippen LogP contribution in [-0.4, -0.2) is 23.6 Å². The van der Waals surface area contributed by atoms with Gasteiger partial charge in [0.2, 0.25) is 0 Å². The Labute approximate surface area is 159 Å². The number of aryl methyl sites for hydroxylation is 1. The zero-order chi connectivity index (χ0) is 18.2. The van der Waals surface area contributed by atoms with Gasteiger partial charge in [-0.05, 0) is 38.7 Å². The van der Waals surface area contributed by atoms with Gasteiger partial charge in [0.05, 0.1) is 19.2 Å². The molecule has 1 heterocycles. The third-order valence-electron chi connectivity index (χ3n) is 4.43. The first-order valence-corrected chi connectivity index (χ1v) is 10.3. The molecule has 0 bridgehead atoms. The Morgan fingerprint density at radius 3 is 2.81 bits per heavy atom. The number of aliphatic imine (C=N–C) groups is 1. The number of rotatable bonds is 8. The summed E-state index contributed by atoms with van der Waals surface area (Å²) in [5, 5.41) is 7.76. The normalized spacial score (nSPS) is 14.8. The van der Waals surface area contributed by atoms with E-state index in [9.17, 15) is 0 Å². The van der Waals surface area contributed by atoms with Crippen LogP contribution in [0.15, 0.2) is 35.5 Å². The van der Waals surface area contributed by atoms with Crippen molar-refractivity contribution in [2.24, 2.45) is 4.99 Å². The minimum atomic E-state index is 0.379. The molecular weight excluding hydrogens is 344 g/mol. The van der Waals surface area contributed by atoms with Crippen LogP contribution >= 0.6 is 11.3 Å². The number of hydrogen-bond acceptors (Lipinski definition) is 4. The summed E-state index contributed by atoms with van der Waals surface area (Å²) in [6, 6.07) is 8.21. The monoisotopic (exact) mass is 372 g/mol. The molecule has 0 saturated heterocycles. The Hall–Kier alpha value is -2.08. The Balaban J connectivity index is 1.61. The van der Waals surface area contributed by atoms with E-state index in [-0.39, 0.29) is 0 Å². The molecule has 0 radical (unpaired) electrons. The average molecular weight is 373 g/mol. The van der Waals surface area contributed by atoms with Crippen LogP contribution in [0.1, 0.15) is 48.6 Å². The fourth-order valence-electron chi connectivity index (χ4n) is 2.68. The fourth-order valence-corrected chi connectivity index (χ4v) is 3.48. The molecule has 26 heavy (non-hydrogen) atoms. The van der Waals surface area contributed by atoms with E-state index in [0.29, 0.717) is 19.2 Å². The van der Waals surface area contributed by atoms with E-state index in [2.05, 4.69) is 35.5 Å². The minimum absolute atomic E-state index is 0.379. The summed E-state index contributed by atoms with van der Waals surface area (Å²) < 4.78 is 6.10. The van der Waals surface area contributed by atoms with Crippen LogP contribution in [0.5, 0.6) is 5.75 Å². The highest BCUT2D eigenvalue weighted by molar-refractivity contribution is 7.11. The van der Waals surface area contributed by atoms with Gasteiger partial charge in [-0.1, -0.05) is 25.1 Å². The summed E-state index contributed by atoms with van der Waals surface area (Å²) in [7, 11) is 0. The number of thiazole rings is 1. The first-order valence-electron chi connectivity index (χ1n) is 9.48. The predicted octanol–water partition coefficient (Wildman–Crippen LogP) is 3.89. The molecule has 2 N–H and O–H groups in total. The molecule has 1 saturated carbocycles. The van der Waals surface area contributed by atoms with Gasteiger partial charge in [0, 0.05) is 23.2 Å². The third kappa shape index (κ3) is 5.21. The molecule has 2 aromatic rings. The van der Waals surface area contributed by atoms with Gasteiger partial charge >= 0.3 is 0 Å². The van der Waals surface area contributed by atoms with E-state index in [4.69, 9.17) is 9.73 Å². The Bertz CT molecular complexity index is 724. The molecule has 0 aliphatic heterocycles. The quantitative estimate of drug-likeness (QED) is 0.545. The van der Waals surface area contributed by atoms with E-state index < -0.39 is 0 Å². The van der Waals surface area contributed by atoms with Crippen molar-refractivity contribution in [2.45, 2.75) is 58.7 Å². The summed E-state index contributed by atoms with van der Waals surface area (Å²) in [6.45, 7) is 6.33. The molecule has 1 fully saturated rings. The maximum absolute atomic E-state index is 6.10. The van der Waals surface area contributed by atoms with Crippen molar-refractivity contribution in [1.29, 1.82) is 0 Å². The average Bonchev–Trinajstić information content (AvgIpc) is 3.09. The lowest BCUT2D eigenvalue weighted by Crippen LogP contribution is -2.36. The Morgan fingerprint density at radius 1 is 1.27 bits per heavy atom. The van der Waals surface area contributed by atoms with Crippen molar-refractivity contribution in [3.63, 3.8) is 0 Å². The molecule has 0 amide bonds. The second-order valence-electron chi connectivity index (χ2n) is 6.40. The van der Waals surface area contributed by atoms with Crippen LogP contribution < -0.4 is 15.4 Å². The first-order chi connectivity index (χ1) is 12.8. The highest BCUT2D eigenvalue weighted by Crippen LogP contribution is 2.27. The van der Waals surface area contributed by atoms with Crippen LogP contribution in [0.4, 0.5) is 0 Å². The number of benzene rings is 1. The summed E-state index contributed by atoms with van der Waals surface area (Å²) in [5.41, 5.74) is 1.12. The number of aromatic nitrogens is 1. The van der Waals surface area contributed by atoms with Gasteiger partial charge in [-0.15, -0.1) is 11.3 Å². The third-order valence-corrected chi connectivity index (χ3v) is 5.57. The largest absolute Gasteiger partial charge is 0.490 e. The molecule has 0 spiro atoms. The van der Waals surface area contributed by atoms with E-state index in [1.165, 1.54) is 11.3 Å². The van der Waals surface area contributed by atoms with Crippen molar-refractivity contribution in [3.05, 3.63) is 45.9 Å². The molecular formula is C20H28N4OS. The van der Waals surface area contributed by atoms with Crippen LogP contribution in [0.2, 0.25) is 0 Å². The standard InChI is InChI=1S/C20H28N4OS/c1-3-17-13-22-19(26-17)14-24-20(21-4-2)23-12-15-8-5-6-11-18(15)25-16-9-7-10-16/h5-6,8,11,13,16H,3-4,7,9-10,12,14H2,1-2H3,(H2,21,23,24). The molecule has 0 unspecified atom stereocenters. The lowest BCUT2D eigenvalue weighted by molar-refractivity contribution is 0.119. The Morgan fingerprint density at radius 2 is 2.12 bits per heavy atom. The second kappa shape index (κ2) is 9.57. The summed E-state index contributed by atoms with van der Waals surface area (Å²) in [4.78, 5) is 10.5. The van der Waals surface area contributed by atoms with E-state index in [0.717, 1.165) is 48.1 Å². The van der Waals surface area contributed by atoms with Crippen molar-refractivity contribution in [2.75, 3.05) is 6.54 Å². The van der Waals surface area contributed by atoms with E-state index >= 15 is 0 Å². The molecule has 5 nitrogen and oxygen atoms in total. The lowest BCUT2D eigenvalue weighted by Gasteiger charge is -2.27. The van der Waals surface area contributed by atoms with Gasteiger partial charge in [0.25, 0.3) is 0 Å². The van der Waals surface area contributed by atoms with E-state index in [1.54, 1.807) is 11.3 Å². The highest BCUT2D eigenvalue weighted by atomic mass is 32.1. The fraction of sp³-hybridized carbons (Fsp3) is 0.500. The van der Waals surface area contributed by atoms with Gasteiger partial charge in [-0.3, -0.25) is 0 Å². The number of nitrogens with zero attached hydrogens (tertiary/aromatic N) is 2. The minimum Gasteiger partial charge on any atom is -0.490 e. The molecule has 0 atom stereocenters. The van der Waals surface area contributed by atoms with Crippen LogP contribution in [0.25, 0.3) is 0 Å². The topological polar surface area (TPSA) is 58.5 Å². The molecule has 1 aliphatic rings. The predicted molar refractivity (Wildman–Crippen MR) is 108 cm³/mol. The zero-order valence-electron chi connectivity index (χ0n) is 15.6. The van der Waals surface area contributed by atoms with Crippen molar-refractivity contribution < 1.29 is 4.74 Å². The summed E-state index contributed by atoms with van der Waals surface area (Å²) in [6.07, 6.45) is 6.97. The molecule has 1 aromatic carbocycles. The van der Waals surface area contributed by atoms with Crippen molar-refractivity contribution in [3.8, 4) is 5.75 Å². The van der Waals surface area contributed by atoms with Gasteiger partial charge in [0.15, 0.2) is 5.96 Å². The molecule has 1 aromatic heterocycles. The SMILES string of the molecule is CCNC(=NCc1ccccc1OC1CCC1)NCc1ncc(CC)s1. The molecule has 1 aliphatic carbocycles. The summed E-state index contributed by atoms with van der Waals surface area (Å²) in [5.74, 6) is 1.77. The van der Waals surface area contributed by atoms with Crippen molar-refractivity contribution in [1.82, 2.24) is 15.6 Å². The number of ether oxygens (including phenoxy) is 1.